The fourth-order valence-electron chi connectivity index (χ4n) is 1.51. The molecule has 1 atom stereocenters. The first-order valence-corrected chi connectivity index (χ1v) is 6.32. The van der Waals surface area contributed by atoms with Gasteiger partial charge in [-0.15, -0.1) is 0 Å². The summed E-state index contributed by atoms with van der Waals surface area (Å²) in [5, 5.41) is 20.5. The second-order valence-corrected chi connectivity index (χ2v) is 4.55. The van der Waals surface area contributed by atoms with E-state index in [0.717, 1.165) is 0 Å². The molecule has 3 N–H and O–H groups in total. The zero-order valence-corrected chi connectivity index (χ0v) is 11.9. The number of phenols is 1. The molecular weight excluding hydrogens is 302 g/mol. The number of carboxylic acid groups (broad SMARTS) is 1. The Labute approximate surface area is 125 Å². The smallest absolute Gasteiger partial charge is 0.326 e. The van der Waals surface area contributed by atoms with E-state index in [2.05, 4.69) is 10.1 Å². The highest BCUT2D eigenvalue weighted by Gasteiger charge is 2.22. The van der Waals surface area contributed by atoms with Crippen LogP contribution in [0.1, 0.15) is 23.2 Å². The molecule has 0 unspecified atom stereocenters. The van der Waals surface area contributed by atoms with Gasteiger partial charge in [0, 0.05) is 12.0 Å². The van der Waals surface area contributed by atoms with Gasteiger partial charge in [-0.1, -0.05) is 11.6 Å². The number of aromatic hydroxyl groups is 1. The lowest BCUT2D eigenvalue weighted by molar-refractivity contribution is -0.142. The van der Waals surface area contributed by atoms with Gasteiger partial charge in [-0.2, -0.15) is 0 Å². The molecule has 0 aliphatic carbocycles. The number of halogens is 1. The number of ether oxygens (including phenoxy) is 1. The first-order chi connectivity index (χ1) is 9.85. The topological polar surface area (TPSA) is 113 Å². The summed E-state index contributed by atoms with van der Waals surface area (Å²) in [6, 6.07) is 2.51. The number of carbonyl (C=O) groups excluding carboxylic acids is 2. The Morgan fingerprint density at radius 1 is 1.38 bits per heavy atom. The van der Waals surface area contributed by atoms with Gasteiger partial charge in [0.2, 0.25) is 0 Å². The van der Waals surface area contributed by atoms with Crippen LogP contribution in [0.5, 0.6) is 5.75 Å². The lowest BCUT2D eigenvalue weighted by atomic mass is 10.1. The first-order valence-electron chi connectivity index (χ1n) is 5.94. The van der Waals surface area contributed by atoms with Crippen molar-refractivity contribution in [1.82, 2.24) is 5.32 Å². The third-order valence-corrected chi connectivity index (χ3v) is 2.98. The van der Waals surface area contributed by atoms with Crippen molar-refractivity contribution in [3.05, 3.63) is 28.8 Å². The zero-order chi connectivity index (χ0) is 16.0. The number of esters is 1. The lowest BCUT2D eigenvalue weighted by Crippen LogP contribution is -2.41. The summed E-state index contributed by atoms with van der Waals surface area (Å²) in [7, 11) is 1.19. The van der Waals surface area contributed by atoms with E-state index in [0.29, 0.717) is 0 Å². The summed E-state index contributed by atoms with van der Waals surface area (Å²) in [6.45, 7) is 0. The molecule has 1 aromatic rings. The van der Waals surface area contributed by atoms with Crippen LogP contribution >= 0.6 is 11.6 Å². The molecule has 1 amide bonds. The summed E-state index contributed by atoms with van der Waals surface area (Å²) in [5.41, 5.74) is 0.0992. The van der Waals surface area contributed by atoms with Crippen molar-refractivity contribution >= 4 is 29.4 Å². The van der Waals surface area contributed by atoms with Gasteiger partial charge in [-0.25, -0.2) is 4.79 Å². The summed E-state index contributed by atoms with van der Waals surface area (Å²) in [4.78, 5) is 34.0. The summed E-state index contributed by atoms with van der Waals surface area (Å²) in [6.07, 6.45) is -0.232. The molecule has 114 valence electrons. The molecule has 0 aliphatic heterocycles. The molecule has 1 aromatic carbocycles. The van der Waals surface area contributed by atoms with Gasteiger partial charge in [0.15, 0.2) is 0 Å². The van der Waals surface area contributed by atoms with Crippen LogP contribution in [0.15, 0.2) is 18.2 Å². The number of phenolic OH excluding ortho intramolecular Hbond substituents is 1. The van der Waals surface area contributed by atoms with Crippen LogP contribution in [0.25, 0.3) is 0 Å². The number of nitrogens with one attached hydrogen (secondary N) is 1. The Hall–Kier alpha value is -2.28. The third kappa shape index (κ3) is 4.96. The van der Waals surface area contributed by atoms with Crippen LogP contribution in [-0.4, -0.2) is 41.2 Å². The van der Waals surface area contributed by atoms with Crippen molar-refractivity contribution in [3.63, 3.8) is 0 Å². The van der Waals surface area contributed by atoms with Gasteiger partial charge in [-0.05, 0) is 24.6 Å². The van der Waals surface area contributed by atoms with E-state index in [1.54, 1.807) is 0 Å². The van der Waals surface area contributed by atoms with Crippen LogP contribution in [0.2, 0.25) is 5.02 Å². The van der Waals surface area contributed by atoms with E-state index in [1.165, 1.54) is 25.3 Å². The number of benzene rings is 1. The zero-order valence-electron chi connectivity index (χ0n) is 11.1. The maximum atomic E-state index is 11.9. The van der Waals surface area contributed by atoms with Crippen LogP contribution in [0.3, 0.4) is 0 Å². The van der Waals surface area contributed by atoms with E-state index in [9.17, 15) is 19.5 Å². The van der Waals surface area contributed by atoms with Crippen molar-refractivity contribution in [2.24, 2.45) is 0 Å². The highest BCUT2D eigenvalue weighted by Crippen LogP contribution is 2.23. The molecule has 0 saturated carbocycles. The van der Waals surface area contributed by atoms with Crippen molar-refractivity contribution in [1.29, 1.82) is 0 Å². The van der Waals surface area contributed by atoms with Crippen molar-refractivity contribution in [2.45, 2.75) is 18.9 Å². The highest BCUT2D eigenvalue weighted by molar-refractivity contribution is 6.32. The number of amides is 1. The number of hydrogen-bond donors (Lipinski definition) is 3. The van der Waals surface area contributed by atoms with Gasteiger partial charge < -0.3 is 20.3 Å². The monoisotopic (exact) mass is 315 g/mol. The Morgan fingerprint density at radius 2 is 2.05 bits per heavy atom. The minimum atomic E-state index is -1.27. The van der Waals surface area contributed by atoms with Crippen LogP contribution in [0.4, 0.5) is 0 Å². The summed E-state index contributed by atoms with van der Waals surface area (Å²) >= 11 is 5.67. The molecule has 0 radical (unpaired) electrons. The standard InChI is InChI=1S/C13H14ClNO6/c1-21-11(17)5-3-9(13(19)20)15-12(18)7-2-4-10(16)8(14)6-7/h2,4,6,9,16H,3,5H2,1H3,(H,15,18)(H,19,20)/t9-/m0/s1. The molecule has 0 aromatic heterocycles. The Kier molecular flexibility index (Phi) is 5.98. The molecule has 0 bridgehead atoms. The molecule has 1 rings (SSSR count). The number of methoxy groups -OCH3 is 1. The van der Waals surface area contributed by atoms with Crippen LogP contribution in [-0.2, 0) is 14.3 Å². The van der Waals surface area contributed by atoms with Gasteiger partial charge in [-0.3, -0.25) is 9.59 Å². The first kappa shape index (κ1) is 16.8. The number of rotatable bonds is 6. The van der Waals surface area contributed by atoms with Crippen molar-refractivity contribution < 1.29 is 29.3 Å². The van der Waals surface area contributed by atoms with Gasteiger partial charge in [0.1, 0.15) is 11.8 Å². The summed E-state index contributed by atoms with van der Waals surface area (Å²) < 4.78 is 4.41. The lowest BCUT2D eigenvalue weighted by Gasteiger charge is -2.14. The summed E-state index contributed by atoms with van der Waals surface area (Å²) in [5.74, 6) is -2.69. The number of hydrogen-bond acceptors (Lipinski definition) is 5. The molecule has 8 heteroatoms. The van der Waals surface area contributed by atoms with Gasteiger partial charge in [0.05, 0.1) is 12.1 Å². The number of aliphatic carboxylic acids is 1. The van der Waals surface area contributed by atoms with Gasteiger partial charge >= 0.3 is 11.9 Å². The number of carboxylic acids is 1. The third-order valence-electron chi connectivity index (χ3n) is 2.68. The largest absolute Gasteiger partial charge is 0.506 e. The van der Waals surface area contributed by atoms with E-state index in [1.807, 2.05) is 0 Å². The maximum Gasteiger partial charge on any atom is 0.326 e. The molecule has 0 spiro atoms. The van der Waals surface area contributed by atoms with E-state index in [4.69, 9.17) is 16.7 Å². The molecule has 0 aliphatic rings. The molecule has 0 saturated heterocycles. The minimum absolute atomic E-state index is 0.0240. The predicted molar refractivity (Wildman–Crippen MR) is 73.3 cm³/mol. The van der Waals surface area contributed by atoms with E-state index >= 15 is 0 Å². The highest BCUT2D eigenvalue weighted by atomic mass is 35.5. The Balaban J connectivity index is 2.74. The molecule has 21 heavy (non-hydrogen) atoms. The Bertz CT molecular complexity index is 560. The maximum absolute atomic E-state index is 11.9. The van der Waals surface area contributed by atoms with E-state index in [-0.39, 0.29) is 29.2 Å². The second kappa shape index (κ2) is 7.49. The van der Waals surface area contributed by atoms with Crippen LogP contribution < -0.4 is 5.32 Å². The molecule has 0 heterocycles. The van der Waals surface area contributed by atoms with Gasteiger partial charge in [0.25, 0.3) is 5.91 Å². The SMILES string of the molecule is COC(=O)CC[C@H](NC(=O)c1ccc(O)c(Cl)c1)C(=O)O. The second-order valence-electron chi connectivity index (χ2n) is 4.15. The quantitative estimate of drug-likeness (QED) is 0.679. The predicted octanol–water partition coefficient (Wildman–Crippen LogP) is 1.18. The minimum Gasteiger partial charge on any atom is -0.506 e. The van der Waals surface area contributed by atoms with Crippen LogP contribution in [0, 0.1) is 0 Å². The van der Waals surface area contributed by atoms with E-state index < -0.39 is 23.9 Å². The fraction of sp³-hybridized carbons (Fsp3) is 0.308. The molecule has 0 fully saturated rings. The van der Waals surface area contributed by atoms with Crippen molar-refractivity contribution in [3.8, 4) is 5.75 Å². The average Bonchev–Trinajstić information content (AvgIpc) is 2.45. The normalized spacial score (nSPS) is 11.5. The van der Waals surface area contributed by atoms with Crippen molar-refractivity contribution in [2.75, 3.05) is 7.11 Å². The Morgan fingerprint density at radius 3 is 2.57 bits per heavy atom. The molecular formula is C13H14ClNO6. The molecule has 7 nitrogen and oxygen atoms in total. The average molecular weight is 316 g/mol. The fourth-order valence-corrected chi connectivity index (χ4v) is 1.69. The number of carbonyl (C=O) groups is 3.